The lowest BCUT2D eigenvalue weighted by atomic mass is 10.2. The molecule has 0 saturated heterocycles. The number of carbonyl (C=O) groups is 1. The van der Waals surface area contributed by atoms with Gasteiger partial charge in [0.1, 0.15) is 5.82 Å². The summed E-state index contributed by atoms with van der Waals surface area (Å²) in [7, 11) is 0. The van der Waals surface area contributed by atoms with Gasteiger partial charge in [0.2, 0.25) is 5.91 Å². The van der Waals surface area contributed by atoms with Crippen molar-refractivity contribution in [2.75, 3.05) is 5.32 Å². The summed E-state index contributed by atoms with van der Waals surface area (Å²) in [6, 6.07) is 11.0. The van der Waals surface area contributed by atoms with Crippen molar-refractivity contribution < 1.29 is 4.79 Å². The molecule has 96 valence electrons. The van der Waals surface area contributed by atoms with E-state index in [1.165, 1.54) is 6.08 Å². The molecule has 0 bridgehead atoms. The highest BCUT2D eigenvalue weighted by Crippen LogP contribution is 2.12. The van der Waals surface area contributed by atoms with Crippen LogP contribution in [0.2, 0.25) is 5.02 Å². The lowest BCUT2D eigenvalue weighted by Crippen LogP contribution is -2.10. The van der Waals surface area contributed by atoms with E-state index in [4.69, 9.17) is 11.6 Å². The van der Waals surface area contributed by atoms with E-state index < -0.39 is 0 Å². The summed E-state index contributed by atoms with van der Waals surface area (Å²) < 4.78 is 0. The highest BCUT2D eigenvalue weighted by Gasteiger charge is 2.01. The van der Waals surface area contributed by atoms with Crippen LogP contribution in [0.1, 0.15) is 11.1 Å². The molecule has 0 radical (unpaired) electrons. The summed E-state index contributed by atoms with van der Waals surface area (Å²) in [6.07, 6.45) is 4.81. The molecule has 0 spiro atoms. The average molecular weight is 273 g/mol. The molecule has 1 aromatic heterocycles. The van der Waals surface area contributed by atoms with Crippen LogP contribution in [0.15, 0.2) is 48.7 Å². The van der Waals surface area contributed by atoms with Crippen molar-refractivity contribution >= 4 is 29.4 Å². The second-order valence-electron chi connectivity index (χ2n) is 4.05. The van der Waals surface area contributed by atoms with E-state index in [0.29, 0.717) is 10.8 Å². The molecule has 2 rings (SSSR count). The largest absolute Gasteiger partial charge is 0.307 e. The SMILES string of the molecule is Cc1cccnc1NC(=O)/C=C/c1cccc(Cl)c1. The number of aromatic nitrogens is 1. The number of benzene rings is 1. The molecule has 1 aromatic carbocycles. The first kappa shape index (κ1) is 13.3. The van der Waals surface area contributed by atoms with Gasteiger partial charge in [-0.2, -0.15) is 0 Å². The Kier molecular flexibility index (Phi) is 4.31. The highest BCUT2D eigenvalue weighted by atomic mass is 35.5. The second-order valence-corrected chi connectivity index (χ2v) is 4.48. The number of rotatable bonds is 3. The monoisotopic (exact) mass is 272 g/mol. The van der Waals surface area contributed by atoms with Gasteiger partial charge in [-0.1, -0.05) is 29.8 Å². The summed E-state index contributed by atoms with van der Waals surface area (Å²) in [5.41, 5.74) is 1.80. The number of pyridine rings is 1. The number of anilines is 1. The maximum atomic E-state index is 11.8. The second kappa shape index (κ2) is 6.16. The molecule has 0 aliphatic carbocycles. The normalized spacial score (nSPS) is 10.6. The molecule has 0 aliphatic rings. The highest BCUT2D eigenvalue weighted by molar-refractivity contribution is 6.30. The van der Waals surface area contributed by atoms with E-state index in [2.05, 4.69) is 10.3 Å². The van der Waals surface area contributed by atoms with Crippen molar-refractivity contribution in [3.05, 3.63) is 64.8 Å². The van der Waals surface area contributed by atoms with Crippen molar-refractivity contribution in [3.63, 3.8) is 0 Å². The van der Waals surface area contributed by atoms with Crippen LogP contribution in [0.3, 0.4) is 0 Å². The van der Waals surface area contributed by atoms with Gasteiger partial charge in [0.15, 0.2) is 0 Å². The zero-order valence-corrected chi connectivity index (χ0v) is 11.2. The van der Waals surface area contributed by atoms with E-state index in [0.717, 1.165) is 11.1 Å². The summed E-state index contributed by atoms with van der Waals surface area (Å²) >= 11 is 5.87. The quantitative estimate of drug-likeness (QED) is 0.866. The number of aryl methyl sites for hydroxylation is 1. The van der Waals surface area contributed by atoms with Gasteiger partial charge in [-0.05, 0) is 42.3 Å². The third kappa shape index (κ3) is 3.93. The van der Waals surface area contributed by atoms with Crippen LogP contribution in [0.4, 0.5) is 5.82 Å². The van der Waals surface area contributed by atoms with Crippen molar-refractivity contribution in [1.29, 1.82) is 0 Å². The fraction of sp³-hybridized carbons (Fsp3) is 0.0667. The molecule has 0 unspecified atom stereocenters. The van der Waals surface area contributed by atoms with Gasteiger partial charge >= 0.3 is 0 Å². The standard InChI is InChI=1S/C15H13ClN2O/c1-11-4-3-9-17-15(11)18-14(19)8-7-12-5-2-6-13(16)10-12/h2-10H,1H3,(H,17,18,19)/b8-7+. The molecule has 3 nitrogen and oxygen atoms in total. The maximum Gasteiger partial charge on any atom is 0.249 e. The molecule has 1 N–H and O–H groups in total. The zero-order chi connectivity index (χ0) is 13.7. The van der Waals surface area contributed by atoms with Gasteiger partial charge in [-0.3, -0.25) is 4.79 Å². The number of hydrogen-bond acceptors (Lipinski definition) is 2. The maximum absolute atomic E-state index is 11.8. The molecule has 1 amide bonds. The minimum absolute atomic E-state index is 0.221. The van der Waals surface area contributed by atoms with Gasteiger partial charge in [0.05, 0.1) is 0 Å². The van der Waals surface area contributed by atoms with Gasteiger partial charge < -0.3 is 5.32 Å². The van der Waals surface area contributed by atoms with Crippen molar-refractivity contribution in [2.45, 2.75) is 6.92 Å². The first-order valence-corrected chi connectivity index (χ1v) is 6.19. The number of nitrogens with one attached hydrogen (secondary N) is 1. The molecular formula is C15H13ClN2O. The van der Waals surface area contributed by atoms with Crippen LogP contribution in [0.25, 0.3) is 6.08 Å². The Morgan fingerprint density at radius 3 is 2.89 bits per heavy atom. The fourth-order valence-electron chi connectivity index (χ4n) is 1.56. The molecule has 0 aliphatic heterocycles. The van der Waals surface area contributed by atoms with Crippen LogP contribution in [0, 0.1) is 6.92 Å². The third-order valence-electron chi connectivity index (χ3n) is 2.53. The molecule has 19 heavy (non-hydrogen) atoms. The van der Waals surface area contributed by atoms with Gasteiger partial charge in [-0.25, -0.2) is 4.98 Å². The summed E-state index contributed by atoms with van der Waals surface area (Å²) in [5, 5.41) is 3.37. The Morgan fingerprint density at radius 2 is 2.16 bits per heavy atom. The zero-order valence-electron chi connectivity index (χ0n) is 10.4. The smallest absolute Gasteiger partial charge is 0.249 e. The topological polar surface area (TPSA) is 42.0 Å². The third-order valence-corrected chi connectivity index (χ3v) is 2.76. The van der Waals surface area contributed by atoms with Gasteiger partial charge in [0.25, 0.3) is 0 Å². The summed E-state index contributed by atoms with van der Waals surface area (Å²) in [6.45, 7) is 1.89. The number of nitrogens with zero attached hydrogens (tertiary/aromatic N) is 1. The van der Waals surface area contributed by atoms with Gasteiger partial charge in [-0.15, -0.1) is 0 Å². The van der Waals surface area contributed by atoms with Crippen molar-refractivity contribution in [2.24, 2.45) is 0 Å². The Bertz CT molecular complexity index is 623. The number of amides is 1. The van der Waals surface area contributed by atoms with Crippen LogP contribution in [-0.4, -0.2) is 10.9 Å². The van der Waals surface area contributed by atoms with E-state index in [1.54, 1.807) is 24.4 Å². The predicted octanol–water partition coefficient (Wildman–Crippen LogP) is 3.70. The van der Waals surface area contributed by atoms with Gasteiger partial charge in [0, 0.05) is 17.3 Å². The molecule has 1 heterocycles. The fourth-order valence-corrected chi connectivity index (χ4v) is 1.76. The first-order chi connectivity index (χ1) is 9.15. The molecule has 0 saturated carbocycles. The average Bonchev–Trinajstić information content (AvgIpc) is 2.39. The molecule has 0 atom stereocenters. The van der Waals surface area contributed by atoms with E-state index in [9.17, 15) is 4.79 Å². The number of carbonyl (C=O) groups excluding carboxylic acids is 1. The van der Waals surface area contributed by atoms with Crippen LogP contribution < -0.4 is 5.32 Å². The predicted molar refractivity (Wildman–Crippen MR) is 78.1 cm³/mol. The Morgan fingerprint density at radius 1 is 1.32 bits per heavy atom. The lowest BCUT2D eigenvalue weighted by Gasteiger charge is -2.03. The Hall–Kier alpha value is -2.13. The van der Waals surface area contributed by atoms with E-state index in [1.807, 2.05) is 31.2 Å². The lowest BCUT2D eigenvalue weighted by molar-refractivity contribution is -0.111. The Labute approximate surface area is 116 Å². The summed E-state index contributed by atoms with van der Waals surface area (Å²) in [5.74, 6) is 0.352. The molecule has 2 aromatic rings. The van der Waals surface area contributed by atoms with E-state index in [-0.39, 0.29) is 5.91 Å². The van der Waals surface area contributed by atoms with Crippen molar-refractivity contribution in [3.8, 4) is 0 Å². The van der Waals surface area contributed by atoms with Crippen LogP contribution in [-0.2, 0) is 4.79 Å². The van der Waals surface area contributed by atoms with Crippen molar-refractivity contribution in [1.82, 2.24) is 4.98 Å². The van der Waals surface area contributed by atoms with Crippen LogP contribution in [0.5, 0.6) is 0 Å². The molecule has 0 fully saturated rings. The molecule has 4 heteroatoms. The summed E-state index contributed by atoms with van der Waals surface area (Å²) in [4.78, 5) is 15.9. The molecular weight excluding hydrogens is 260 g/mol. The number of hydrogen-bond donors (Lipinski definition) is 1. The van der Waals surface area contributed by atoms with Crippen LogP contribution >= 0.6 is 11.6 Å². The number of halogens is 1. The van der Waals surface area contributed by atoms with E-state index >= 15 is 0 Å². The Balaban J connectivity index is 2.04. The minimum atomic E-state index is -0.221. The first-order valence-electron chi connectivity index (χ1n) is 5.81. The minimum Gasteiger partial charge on any atom is -0.307 e.